The Kier molecular flexibility index (Phi) is 5.75. The highest BCUT2D eigenvalue weighted by Crippen LogP contribution is 2.40. The summed E-state index contributed by atoms with van der Waals surface area (Å²) in [6.45, 7) is 13.6. The second-order valence-corrected chi connectivity index (χ2v) is 10.9. The molecule has 1 fully saturated rings. The number of hydrogen-bond donors (Lipinski definition) is 1. The molecule has 4 heterocycles. The van der Waals surface area contributed by atoms with Crippen molar-refractivity contribution in [1.82, 2.24) is 24.6 Å². The molecule has 1 aliphatic rings. The summed E-state index contributed by atoms with van der Waals surface area (Å²) in [6, 6.07) is 4.52. The van der Waals surface area contributed by atoms with Gasteiger partial charge in [0, 0.05) is 28.9 Å². The number of hydrogen-bond acceptors (Lipinski definition) is 3. The van der Waals surface area contributed by atoms with E-state index >= 15 is 0 Å². The molecule has 4 aromatic heterocycles. The summed E-state index contributed by atoms with van der Waals surface area (Å²) in [5, 5.41) is 4.41. The van der Waals surface area contributed by atoms with Gasteiger partial charge in [-0.25, -0.2) is 9.50 Å². The molecule has 174 valence electrons. The minimum absolute atomic E-state index is 0.365. The van der Waals surface area contributed by atoms with Gasteiger partial charge in [-0.2, -0.15) is 5.10 Å². The summed E-state index contributed by atoms with van der Waals surface area (Å²) < 4.78 is 1.89. The van der Waals surface area contributed by atoms with E-state index in [0.29, 0.717) is 11.8 Å². The highest BCUT2D eigenvalue weighted by atomic mass is 15.3. The van der Waals surface area contributed by atoms with E-state index in [-0.39, 0.29) is 0 Å². The van der Waals surface area contributed by atoms with E-state index in [9.17, 15) is 0 Å². The fourth-order valence-corrected chi connectivity index (χ4v) is 5.92. The van der Waals surface area contributed by atoms with Crippen molar-refractivity contribution in [2.45, 2.75) is 85.5 Å². The number of fused-ring (bicyclic) bond motifs is 2. The highest BCUT2D eigenvalue weighted by Gasteiger charge is 2.26. The molecular weight excluding hydrogens is 406 g/mol. The molecule has 4 aromatic rings. The number of pyridine rings is 2. The maximum Gasteiger partial charge on any atom is 0.158 e. The lowest BCUT2D eigenvalue weighted by Crippen LogP contribution is -2.15. The average molecular weight is 444 g/mol. The average Bonchev–Trinajstić information content (AvgIpc) is 3.40. The SMILES string of the molecule is Cc1c(-c2[nH]c3ccc(C4CCC(CC(C)C)CC4)nc3c2C(C)C)cn2ncnc2c1C. The van der Waals surface area contributed by atoms with Crippen molar-refractivity contribution in [1.29, 1.82) is 0 Å². The first kappa shape index (κ1) is 22.1. The number of H-pyrrole nitrogens is 1. The van der Waals surface area contributed by atoms with E-state index in [0.717, 1.165) is 28.5 Å². The van der Waals surface area contributed by atoms with Gasteiger partial charge in [0.15, 0.2) is 5.65 Å². The Bertz CT molecular complexity index is 1280. The lowest BCUT2D eigenvalue weighted by atomic mass is 9.77. The normalized spacial score (nSPS) is 19.4. The van der Waals surface area contributed by atoms with Crippen molar-refractivity contribution in [3.05, 3.63) is 47.0 Å². The molecule has 33 heavy (non-hydrogen) atoms. The van der Waals surface area contributed by atoms with Crippen LogP contribution in [0, 0.1) is 25.7 Å². The molecule has 1 N–H and O–H groups in total. The Morgan fingerprint density at radius 2 is 1.79 bits per heavy atom. The summed E-state index contributed by atoms with van der Waals surface area (Å²) in [4.78, 5) is 13.4. The van der Waals surface area contributed by atoms with Gasteiger partial charge in [0.25, 0.3) is 0 Å². The van der Waals surface area contributed by atoms with Crippen molar-refractivity contribution in [3.63, 3.8) is 0 Å². The fraction of sp³-hybridized carbons (Fsp3) is 0.536. The summed E-state index contributed by atoms with van der Waals surface area (Å²) in [5.41, 5.74) is 10.5. The van der Waals surface area contributed by atoms with Gasteiger partial charge in [-0.3, -0.25) is 4.98 Å². The zero-order valence-corrected chi connectivity index (χ0v) is 20.9. The number of nitrogens with zero attached hydrogens (tertiary/aromatic N) is 4. The van der Waals surface area contributed by atoms with E-state index in [1.54, 1.807) is 6.33 Å². The van der Waals surface area contributed by atoms with Crippen LogP contribution >= 0.6 is 0 Å². The number of nitrogens with one attached hydrogen (secondary N) is 1. The topological polar surface area (TPSA) is 58.9 Å². The standard InChI is InChI=1S/C28H37N5/c1-16(2)13-20-7-9-21(10-8-20)23-11-12-24-27(31-23)25(17(3)4)26(32-24)22-14-33-28(29-15-30-33)19(6)18(22)5/h11-12,14-17,20-21,32H,7-10,13H2,1-6H3. The van der Waals surface area contributed by atoms with Crippen LogP contribution in [0.15, 0.2) is 24.7 Å². The molecular formula is C28H37N5. The molecule has 0 amide bonds. The number of rotatable bonds is 5. The minimum Gasteiger partial charge on any atom is -0.353 e. The van der Waals surface area contributed by atoms with Gasteiger partial charge in [-0.15, -0.1) is 0 Å². The maximum atomic E-state index is 5.29. The van der Waals surface area contributed by atoms with Gasteiger partial charge in [-0.1, -0.05) is 27.7 Å². The van der Waals surface area contributed by atoms with Crippen molar-refractivity contribution in [2.24, 2.45) is 11.8 Å². The highest BCUT2D eigenvalue weighted by molar-refractivity contribution is 5.89. The van der Waals surface area contributed by atoms with Gasteiger partial charge in [0.1, 0.15) is 6.33 Å². The third-order valence-electron chi connectivity index (χ3n) is 7.74. The van der Waals surface area contributed by atoms with Crippen LogP contribution in [0.5, 0.6) is 0 Å². The van der Waals surface area contributed by atoms with Crippen LogP contribution in [-0.2, 0) is 0 Å². The Morgan fingerprint density at radius 3 is 2.48 bits per heavy atom. The van der Waals surface area contributed by atoms with Gasteiger partial charge in [-0.05, 0) is 87.0 Å². The van der Waals surface area contributed by atoms with Crippen LogP contribution in [-0.4, -0.2) is 24.6 Å². The first-order valence-electron chi connectivity index (χ1n) is 12.7. The second-order valence-electron chi connectivity index (χ2n) is 10.9. The number of aromatic amines is 1. The molecule has 5 rings (SSSR count). The molecule has 1 aliphatic carbocycles. The fourth-order valence-electron chi connectivity index (χ4n) is 5.92. The van der Waals surface area contributed by atoms with E-state index in [1.807, 2.05) is 4.52 Å². The second kappa shape index (κ2) is 8.58. The Balaban J connectivity index is 1.55. The molecule has 0 radical (unpaired) electrons. The zero-order valence-electron chi connectivity index (χ0n) is 20.9. The van der Waals surface area contributed by atoms with E-state index in [1.165, 1.54) is 65.7 Å². The molecule has 0 aliphatic heterocycles. The lowest BCUT2D eigenvalue weighted by Gasteiger charge is -2.29. The third-order valence-corrected chi connectivity index (χ3v) is 7.74. The molecule has 0 bridgehead atoms. The predicted octanol–water partition coefficient (Wildman–Crippen LogP) is 7.33. The largest absolute Gasteiger partial charge is 0.353 e. The smallest absolute Gasteiger partial charge is 0.158 e. The zero-order chi connectivity index (χ0) is 23.3. The molecule has 5 nitrogen and oxygen atoms in total. The van der Waals surface area contributed by atoms with Crippen molar-refractivity contribution < 1.29 is 0 Å². The van der Waals surface area contributed by atoms with Gasteiger partial charge in [0.05, 0.1) is 16.7 Å². The first-order chi connectivity index (χ1) is 15.8. The van der Waals surface area contributed by atoms with Crippen LogP contribution in [0.2, 0.25) is 0 Å². The quantitative estimate of drug-likeness (QED) is 0.351. The molecule has 0 atom stereocenters. The molecule has 0 aromatic carbocycles. The van der Waals surface area contributed by atoms with Crippen LogP contribution in [0.1, 0.15) is 94.0 Å². The summed E-state index contributed by atoms with van der Waals surface area (Å²) in [7, 11) is 0. The summed E-state index contributed by atoms with van der Waals surface area (Å²) >= 11 is 0. The predicted molar refractivity (Wildman–Crippen MR) is 136 cm³/mol. The van der Waals surface area contributed by atoms with Crippen LogP contribution in [0.3, 0.4) is 0 Å². The van der Waals surface area contributed by atoms with E-state index < -0.39 is 0 Å². The Hall–Kier alpha value is -2.69. The van der Waals surface area contributed by atoms with Crippen LogP contribution < -0.4 is 0 Å². The molecule has 1 saturated carbocycles. The summed E-state index contributed by atoms with van der Waals surface area (Å²) in [6.07, 6.45) is 10.3. The van der Waals surface area contributed by atoms with Crippen molar-refractivity contribution >= 4 is 16.7 Å². The van der Waals surface area contributed by atoms with E-state index in [2.05, 4.69) is 74.9 Å². The van der Waals surface area contributed by atoms with Gasteiger partial charge in [0.2, 0.25) is 0 Å². The lowest BCUT2D eigenvalue weighted by molar-refractivity contribution is 0.281. The number of aryl methyl sites for hydroxylation is 1. The molecule has 5 heteroatoms. The van der Waals surface area contributed by atoms with E-state index in [4.69, 9.17) is 4.98 Å². The first-order valence-corrected chi connectivity index (χ1v) is 12.7. The third kappa shape index (κ3) is 3.96. The monoisotopic (exact) mass is 443 g/mol. The van der Waals surface area contributed by atoms with Crippen molar-refractivity contribution in [3.8, 4) is 11.3 Å². The van der Waals surface area contributed by atoms with Gasteiger partial charge < -0.3 is 4.98 Å². The van der Waals surface area contributed by atoms with Gasteiger partial charge >= 0.3 is 0 Å². The molecule has 0 unspecified atom stereocenters. The maximum absolute atomic E-state index is 5.29. The van der Waals surface area contributed by atoms with Crippen LogP contribution in [0.25, 0.3) is 27.9 Å². The molecule has 0 saturated heterocycles. The number of aromatic nitrogens is 5. The van der Waals surface area contributed by atoms with Crippen molar-refractivity contribution in [2.75, 3.05) is 0 Å². The Morgan fingerprint density at radius 1 is 1.03 bits per heavy atom. The van der Waals surface area contributed by atoms with Crippen LogP contribution in [0.4, 0.5) is 0 Å². The summed E-state index contributed by atoms with van der Waals surface area (Å²) in [5.74, 6) is 2.65. The molecule has 0 spiro atoms. The minimum atomic E-state index is 0.365. The Labute approximate surface area is 197 Å².